The highest BCUT2D eigenvalue weighted by atomic mass is 16.3. The molecule has 4 aromatic rings. The summed E-state index contributed by atoms with van der Waals surface area (Å²) in [6, 6.07) is 21.8. The number of amides is 1. The molecule has 1 amide bonds. The molecule has 1 aromatic heterocycles. The number of nitrogens with one attached hydrogen (secondary N) is 1. The van der Waals surface area contributed by atoms with Crippen LogP contribution in [-0.2, 0) is 0 Å². The molecule has 0 spiro atoms. The molecule has 28 heavy (non-hydrogen) atoms. The van der Waals surface area contributed by atoms with Gasteiger partial charge in [-0.2, -0.15) is 0 Å². The molecular formula is C24H19NO3. The quantitative estimate of drug-likeness (QED) is 0.531. The molecule has 1 heterocycles. The number of benzene rings is 3. The zero-order chi connectivity index (χ0) is 19.7. The van der Waals surface area contributed by atoms with Gasteiger partial charge in [-0.15, -0.1) is 0 Å². The number of carbonyl (C=O) groups is 1. The van der Waals surface area contributed by atoms with Gasteiger partial charge in [-0.25, -0.2) is 0 Å². The third-order valence-electron chi connectivity index (χ3n) is 4.71. The van der Waals surface area contributed by atoms with Crippen molar-refractivity contribution in [3.8, 4) is 11.3 Å². The molecule has 0 atom stereocenters. The van der Waals surface area contributed by atoms with Crippen molar-refractivity contribution in [2.45, 2.75) is 13.8 Å². The van der Waals surface area contributed by atoms with Crippen LogP contribution in [0, 0.1) is 13.8 Å². The van der Waals surface area contributed by atoms with E-state index in [-0.39, 0.29) is 11.3 Å². The van der Waals surface area contributed by atoms with Crippen molar-refractivity contribution in [3.63, 3.8) is 0 Å². The summed E-state index contributed by atoms with van der Waals surface area (Å²) in [5, 5.41) is 3.28. The molecule has 0 fully saturated rings. The second kappa shape index (κ2) is 7.16. The third-order valence-corrected chi connectivity index (χ3v) is 4.71. The first-order valence-electron chi connectivity index (χ1n) is 9.03. The van der Waals surface area contributed by atoms with E-state index < -0.39 is 0 Å². The maximum atomic E-state index is 12.6. The summed E-state index contributed by atoms with van der Waals surface area (Å²) in [5.74, 6) is 0.312. The van der Waals surface area contributed by atoms with Gasteiger partial charge in [0, 0.05) is 22.9 Å². The highest BCUT2D eigenvalue weighted by Crippen LogP contribution is 2.24. The van der Waals surface area contributed by atoms with Gasteiger partial charge in [0.1, 0.15) is 11.3 Å². The van der Waals surface area contributed by atoms with Gasteiger partial charge < -0.3 is 9.73 Å². The van der Waals surface area contributed by atoms with E-state index in [9.17, 15) is 9.59 Å². The molecule has 4 rings (SSSR count). The van der Waals surface area contributed by atoms with Gasteiger partial charge in [0.15, 0.2) is 5.43 Å². The molecule has 0 bridgehead atoms. The second-order valence-corrected chi connectivity index (χ2v) is 6.82. The fraction of sp³-hybridized carbons (Fsp3) is 0.0833. The van der Waals surface area contributed by atoms with Crippen LogP contribution in [0.2, 0.25) is 0 Å². The van der Waals surface area contributed by atoms with Gasteiger partial charge in [0.05, 0.1) is 5.39 Å². The van der Waals surface area contributed by atoms with E-state index in [0.717, 1.165) is 16.7 Å². The number of hydrogen-bond acceptors (Lipinski definition) is 3. The van der Waals surface area contributed by atoms with Gasteiger partial charge in [-0.05, 0) is 43.7 Å². The zero-order valence-electron chi connectivity index (χ0n) is 15.7. The summed E-state index contributed by atoms with van der Waals surface area (Å²) < 4.78 is 5.92. The Labute approximate surface area is 162 Å². The Morgan fingerprint density at radius 3 is 2.39 bits per heavy atom. The Kier molecular flexibility index (Phi) is 4.53. The van der Waals surface area contributed by atoms with E-state index in [2.05, 4.69) is 5.32 Å². The molecule has 0 aliphatic rings. The van der Waals surface area contributed by atoms with E-state index in [4.69, 9.17) is 4.42 Å². The summed E-state index contributed by atoms with van der Waals surface area (Å²) >= 11 is 0. The molecule has 4 nitrogen and oxygen atoms in total. The van der Waals surface area contributed by atoms with Crippen molar-refractivity contribution >= 4 is 22.6 Å². The molecule has 3 aromatic carbocycles. The summed E-state index contributed by atoms with van der Waals surface area (Å²) in [5.41, 5.74) is 4.37. The predicted molar refractivity (Wildman–Crippen MR) is 112 cm³/mol. The normalized spacial score (nSPS) is 10.8. The van der Waals surface area contributed by atoms with Crippen LogP contribution in [0.3, 0.4) is 0 Å². The average Bonchev–Trinajstić information content (AvgIpc) is 2.69. The van der Waals surface area contributed by atoms with Crippen LogP contribution < -0.4 is 10.7 Å². The minimum atomic E-state index is -0.210. The predicted octanol–water partition coefficient (Wildman–Crippen LogP) is 5.33. The van der Waals surface area contributed by atoms with Crippen molar-refractivity contribution in [1.29, 1.82) is 0 Å². The Balaban J connectivity index is 1.68. The fourth-order valence-electron chi connectivity index (χ4n) is 3.12. The average molecular weight is 369 g/mol. The molecule has 0 aliphatic heterocycles. The van der Waals surface area contributed by atoms with Crippen molar-refractivity contribution in [1.82, 2.24) is 0 Å². The minimum absolute atomic E-state index is 0.149. The largest absolute Gasteiger partial charge is 0.456 e. The summed E-state index contributed by atoms with van der Waals surface area (Å²) in [6.45, 7) is 3.89. The van der Waals surface area contributed by atoms with Gasteiger partial charge in [-0.3, -0.25) is 9.59 Å². The molecular weight excluding hydrogens is 350 g/mol. The van der Waals surface area contributed by atoms with Crippen LogP contribution in [0.4, 0.5) is 5.69 Å². The van der Waals surface area contributed by atoms with E-state index in [1.807, 2.05) is 56.3 Å². The number of aryl methyl sites for hydroxylation is 2. The van der Waals surface area contributed by atoms with Crippen molar-refractivity contribution in [2.75, 3.05) is 5.32 Å². The lowest BCUT2D eigenvalue weighted by molar-refractivity contribution is 0.102. The van der Waals surface area contributed by atoms with Gasteiger partial charge >= 0.3 is 0 Å². The maximum absolute atomic E-state index is 12.6. The van der Waals surface area contributed by atoms with Crippen LogP contribution in [0.15, 0.2) is 82.0 Å². The van der Waals surface area contributed by atoms with Crippen LogP contribution in [0.5, 0.6) is 0 Å². The van der Waals surface area contributed by atoms with Gasteiger partial charge in [0.2, 0.25) is 0 Å². The fourth-order valence-corrected chi connectivity index (χ4v) is 3.12. The standard InChI is InChI=1S/C24H19NO3/c1-15-7-9-17(10-8-15)23-14-21(26)20-13-18(11-12-22(20)28-23)25-24(27)19-6-4-3-5-16(19)2/h3-14H,1-2H3,(H,25,27). The molecule has 0 saturated carbocycles. The van der Waals surface area contributed by atoms with Gasteiger partial charge in [-0.1, -0.05) is 48.0 Å². The Morgan fingerprint density at radius 2 is 1.64 bits per heavy atom. The molecule has 0 saturated heterocycles. The first-order chi connectivity index (χ1) is 13.5. The highest BCUT2D eigenvalue weighted by molar-refractivity contribution is 6.06. The highest BCUT2D eigenvalue weighted by Gasteiger charge is 2.11. The monoisotopic (exact) mass is 369 g/mol. The van der Waals surface area contributed by atoms with Crippen molar-refractivity contribution in [2.24, 2.45) is 0 Å². The molecule has 0 radical (unpaired) electrons. The first-order valence-corrected chi connectivity index (χ1v) is 9.03. The first kappa shape index (κ1) is 17.7. The smallest absolute Gasteiger partial charge is 0.255 e. The van der Waals surface area contributed by atoms with Crippen molar-refractivity contribution in [3.05, 3.63) is 99.7 Å². The molecule has 138 valence electrons. The maximum Gasteiger partial charge on any atom is 0.255 e. The summed E-state index contributed by atoms with van der Waals surface area (Å²) in [4.78, 5) is 25.1. The zero-order valence-corrected chi connectivity index (χ0v) is 15.7. The molecule has 0 unspecified atom stereocenters. The number of carbonyl (C=O) groups excluding carboxylic acids is 1. The van der Waals surface area contributed by atoms with Crippen LogP contribution in [0.1, 0.15) is 21.5 Å². The Morgan fingerprint density at radius 1 is 0.893 bits per heavy atom. The topological polar surface area (TPSA) is 59.3 Å². The molecule has 4 heteroatoms. The lowest BCUT2D eigenvalue weighted by Gasteiger charge is -2.09. The summed E-state index contributed by atoms with van der Waals surface area (Å²) in [6.07, 6.45) is 0. The van der Waals surface area contributed by atoms with Gasteiger partial charge in [0.25, 0.3) is 5.91 Å². The molecule has 1 N–H and O–H groups in total. The lowest BCUT2D eigenvalue weighted by atomic mass is 10.1. The number of rotatable bonds is 3. The number of anilines is 1. The molecule has 0 aliphatic carbocycles. The van der Waals surface area contributed by atoms with Crippen molar-refractivity contribution < 1.29 is 9.21 Å². The van der Waals surface area contributed by atoms with Crippen LogP contribution in [-0.4, -0.2) is 5.91 Å². The summed E-state index contributed by atoms with van der Waals surface area (Å²) in [7, 11) is 0. The lowest BCUT2D eigenvalue weighted by Crippen LogP contribution is -2.13. The Hall–Kier alpha value is -3.66. The van der Waals surface area contributed by atoms with Crippen LogP contribution >= 0.6 is 0 Å². The van der Waals surface area contributed by atoms with Crippen LogP contribution in [0.25, 0.3) is 22.3 Å². The SMILES string of the molecule is Cc1ccc(-c2cc(=O)c3cc(NC(=O)c4ccccc4C)ccc3o2)cc1. The third kappa shape index (κ3) is 3.45. The number of hydrogen-bond donors (Lipinski definition) is 1. The second-order valence-electron chi connectivity index (χ2n) is 6.82. The minimum Gasteiger partial charge on any atom is -0.456 e. The van der Waals surface area contributed by atoms with E-state index >= 15 is 0 Å². The van der Waals surface area contributed by atoms with E-state index in [1.54, 1.807) is 24.3 Å². The van der Waals surface area contributed by atoms with E-state index in [1.165, 1.54) is 6.07 Å². The number of fused-ring (bicyclic) bond motifs is 1. The van der Waals surface area contributed by atoms with E-state index in [0.29, 0.717) is 28.0 Å². The Bertz CT molecular complexity index is 1240.